The topological polar surface area (TPSA) is 71.0 Å². The third-order valence-electron chi connectivity index (χ3n) is 4.15. The number of furan rings is 2. The highest BCUT2D eigenvalue weighted by Gasteiger charge is 2.35. The monoisotopic (exact) mass is 371 g/mol. The van der Waals surface area contributed by atoms with Crippen molar-refractivity contribution in [2.45, 2.75) is 12.5 Å². The summed E-state index contributed by atoms with van der Waals surface area (Å²) in [7, 11) is 0. The minimum absolute atomic E-state index is 0.171. The lowest BCUT2D eigenvalue weighted by Crippen LogP contribution is -2.32. The van der Waals surface area contributed by atoms with Crippen molar-refractivity contribution < 1.29 is 22.4 Å². The Morgan fingerprint density at radius 3 is 2.56 bits per heavy atom. The van der Waals surface area contributed by atoms with Gasteiger partial charge < -0.3 is 14.2 Å². The van der Waals surface area contributed by atoms with Gasteiger partial charge in [-0.25, -0.2) is 13.8 Å². The number of hydrogen-bond donors (Lipinski definition) is 1. The lowest BCUT2D eigenvalue weighted by molar-refractivity contribution is -0.131. The van der Waals surface area contributed by atoms with E-state index in [2.05, 4.69) is 10.4 Å². The van der Waals surface area contributed by atoms with E-state index in [0.29, 0.717) is 23.7 Å². The number of hydrogen-bond acceptors (Lipinski definition) is 5. The van der Waals surface area contributed by atoms with E-state index in [1.807, 2.05) is 0 Å². The molecule has 8 heteroatoms. The smallest absolute Gasteiger partial charge is 0.262 e. The number of carbonyl (C=O) groups is 1. The molecular formula is C19H15F2N3O3. The normalized spacial score (nSPS) is 16.4. The Labute approximate surface area is 153 Å². The third kappa shape index (κ3) is 3.59. The van der Waals surface area contributed by atoms with Crippen molar-refractivity contribution in [3.8, 4) is 0 Å². The maximum absolute atomic E-state index is 13.3. The zero-order valence-corrected chi connectivity index (χ0v) is 14.1. The predicted molar refractivity (Wildman–Crippen MR) is 93.0 cm³/mol. The van der Waals surface area contributed by atoms with Gasteiger partial charge in [-0.05, 0) is 36.4 Å². The number of carbonyl (C=O) groups excluding carboxylic acids is 1. The Kier molecular flexibility index (Phi) is 4.45. The zero-order valence-electron chi connectivity index (χ0n) is 14.1. The molecule has 0 saturated carbocycles. The Morgan fingerprint density at radius 2 is 1.89 bits per heavy atom. The first-order chi connectivity index (χ1) is 13.1. The molecule has 2 aromatic heterocycles. The fourth-order valence-corrected chi connectivity index (χ4v) is 2.95. The molecule has 1 aromatic carbocycles. The summed E-state index contributed by atoms with van der Waals surface area (Å²) < 4.78 is 37.4. The molecule has 3 aromatic rings. The molecule has 0 radical (unpaired) electrons. The molecule has 1 atom stereocenters. The number of nitrogens with one attached hydrogen (secondary N) is 1. The molecule has 1 unspecified atom stereocenters. The van der Waals surface area contributed by atoms with Gasteiger partial charge >= 0.3 is 0 Å². The summed E-state index contributed by atoms with van der Waals surface area (Å²) in [5, 5.41) is 8.40. The molecule has 0 bridgehead atoms. The third-order valence-corrected chi connectivity index (χ3v) is 4.15. The van der Waals surface area contributed by atoms with Gasteiger partial charge in [0.2, 0.25) is 0 Å². The summed E-state index contributed by atoms with van der Waals surface area (Å²) in [6.07, 6.45) is 3.49. The van der Waals surface area contributed by atoms with Crippen molar-refractivity contribution in [2.24, 2.45) is 5.10 Å². The number of rotatable bonds is 5. The van der Waals surface area contributed by atoms with Gasteiger partial charge in [-0.2, -0.15) is 5.10 Å². The van der Waals surface area contributed by atoms with Crippen LogP contribution < -0.4 is 5.32 Å². The number of hydrazone groups is 1. The van der Waals surface area contributed by atoms with Gasteiger partial charge in [0.25, 0.3) is 5.91 Å². The van der Waals surface area contributed by atoms with Crippen LogP contribution in [0.1, 0.15) is 24.0 Å². The average molecular weight is 371 g/mol. The van der Waals surface area contributed by atoms with E-state index in [-0.39, 0.29) is 18.1 Å². The van der Waals surface area contributed by atoms with Crippen LogP contribution in [0.2, 0.25) is 0 Å². The van der Waals surface area contributed by atoms with E-state index in [9.17, 15) is 13.6 Å². The summed E-state index contributed by atoms with van der Waals surface area (Å²) >= 11 is 0. The second-order valence-corrected chi connectivity index (χ2v) is 6.01. The van der Waals surface area contributed by atoms with Crippen LogP contribution in [0.4, 0.5) is 14.5 Å². The van der Waals surface area contributed by atoms with Gasteiger partial charge in [0.1, 0.15) is 34.9 Å². The SMILES string of the molecule is O=C(CNc1cc(F)cc(F)c1)N1N=C(c2ccco2)CC1c1ccco1. The molecule has 1 N–H and O–H groups in total. The van der Waals surface area contributed by atoms with E-state index < -0.39 is 17.7 Å². The molecule has 0 fully saturated rings. The van der Waals surface area contributed by atoms with Crippen LogP contribution in [0, 0.1) is 11.6 Å². The minimum Gasteiger partial charge on any atom is -0.467 e. The Hall–Kier alpha value is -3.42. The summed E-state index contributed by atoms with van der Waals surface area (Å²) in [4.78, 5) is 12.7. The van der Waals surface area contributed by atoms with Crippen molar-refractivity contribution in [2.75, 3.05) is 11.9 Å². The van der Waals surface area contributed by atoms with Crippen LogP contribution >= 0.6 is 0 Å². The average Bonchev–Trinajstić information content (AvgIpc) is 3.39. The number of benzene rings is 1. The lowest BCUT2D eigenvalue weighted by Gasteiger charge is -2.20. The predicted octanol–water partition coefficient (Wildman–Crippen LogP) is 3.94. The van der Waals surface area contributed by atoms with Crippen molar-refractivity contribution in [1.82, 2.24) is 5.01 Å². The number of anilines is 1. The highest BCUT2D eigenvalue weighted by atomic mass is 19.1. The van der Waals surface area contributed by atoms with Gasteiger partial charge in [-0.15, -0.1) is 0 Å². The molecule has 1 aliphatic heterocycles. The standard InChI is InChI=1S/C19H15F2N3O3/c20-12-7-13(21)9-14(8-12)22-11-19(25)24-16(18-4-2-6-27-18)10-15(23-24)17-3-1-5-26-17/h1-9,16,22H,10-11H2. The first-order valence-electron chi connectivity index (χ1n) is 8.27. The quantitative estimate of drug-likeness (QED) is 0.737. The van der Waals surface area contributed by atoms with Crippen LogP contribution in [0.3, 0.4) is 0 Å². The molecule has 1 aliphatic rings. The summed E-state index contributed by atoms with van der Waals surface area (Å²) in [5.41, 5.74) is 0.788. The summed E-state index contributed by atoms with van der Waals surface area (Å²) in [6.45, 7) is -0.185. The second-order valence-electron chi connectivity index (χ2n) is 6.01. The van der Waals surface area contributed by atoms with E-state index in [0.717, 1.165) is 18.2 Å². The first kappa shape index (κ1) is 17.0. The van der Waals surface area contributed by atoms with Crippen LogP contribution in [-0.2, 0) is 4.79 Å². The van der Waals surface area contributed by atoms with E-state index >= 15 is 0 Å². The Balaban J connectivity index is 1.53. The van der Waals surface area contributed by atoms with E-state index in [4.69, 9.17) is 8.83 Å². The Morgan fingerprint density at radius 1 is 1.15 bits per heavy atom. The minimum atomic E-state index is -0.724. The maximum atomic E-state index is 13.3. The highest BCUT2D eigenvalue weighted by Crippen LogP contribution is 2.33. The first-order valence-corrected chi connectivity index (χ1v) is 8.27. The number of amides is 1. The van der Waals surface area contributed by atoms with E-state index in [1.165, 1.54) is 17.5 Å². The van der Waals surface area contributed by atoms with Crippen LogP contribution in [0.15, 0.2) is 68.9 Å². The molecule has 0 saturated heterocycles. The fourth-order valence-electron chi connectivity index (χ4n) is 2.95. The summed E-state index contributed by atoms with van der Waals surface area (Å²) in [6, 6.07) is 9.57. The van der Waals surface area contributed by atoms with Crippen molar-refractivity contribution >= 4 is 17.3 Å². The highest BCUT2D eigenvalue weighted by molar-refractivity contribution is 6.01. The van der Waals surface area contributed by atoms with Crippen molar-refractivity contribution in [3.05, 3.63) is 78.1 Å². The van der Waals surface area contributed by atoms with Gasteiger partial charge in [0, 0.05) is 18.2 Å². The second kappa shape index (κ2) is 7.06. The van der Waals surface area contributed by atoms with E-state index in [1.54, 1.807) is 24.3 Å². The summed E-state index contributed by atoms with van der Waals surface area (Å²) in [5.74, 6) is -0.662. The number of halogens is 2. The van der Waals surface area contributed by atoms with Crippen LogP contribution in [0.25, 0.3) is 0 Å². The molecule has 27 heavy (non-hydrogen) atoms. The van der Waals surface area contributed by atoms with Crippen LogP contribution in [-0.4, -0.2) is 23.2 Å². The largest absolute Gasteiger partial charge is 0.467 e. The van der Waals surface area contributed by atoms with Crippen molar-refractivity contribution in [3.63, 3.8) is 0 Å². The number of nitrogens with zero attached hydrogens (tertiary/aromatic N) is 2. The molecule has 4 rings (SSSR count). The van der Waals surface area contributed by atoms with Gasteiger partial charge in [-0.3, -0.25) is 4.79 Å². The van der Waals surface area contributed by atoms with Gasteiger partial charge in [0.05, 0.1) is 19.1 Å². The fraction of sp³-hybridized carbons (Fsp3) is 0.158. The Bertz CT molecular complexity index is 948. The molecule has 1 amide bonds. The maximum Gasteiger partial charge on any atom is 0.262 e. The molecular weight excluding hydrogens is 356 g/mol. The molecule has 6 nitrogen and oxygen atoms in total. The molecule has 138 valence electrons. The van der Waals surface area contributed by atoms with Gasteiger partial charge in [-0.1, -0.05) is 0 Å². The van der Waals surface area contributed by atoms with Crippen molar-refractivity contribution in [1.29, 1.82) is 0 Å². The molecule has 0 aliphatic carbocycles. The molecule has 0 spiro atoms. The zero-order chi connectivity index (χ0) is 18.8. The van der Waals surface area contributed by atoms with Crippen LogP contribution in [0.5, 0.6) is 0 Å². The lowest BCUT2D eigenvalue weighted by atomic mass is 10.1. The van der Waals surface area contributed by atoms with Gasteiger partial charge in [0.15, 0.2) is 0 Å². The molecule has 3 heterocycles.